The molecule has 0 saturated carbocycles. The van der Waals surface area contributed by atoms with Crippen LogP contribution in [0.3, 0.4) is 0 Å². The molecule has 2 N–H and O–H groups in total. The highest BCUT2D eigenvalue weighted by Gasteiger charge is 2.40. The molecule has 136 valence electrons. The lowest BCUT2D eigenvalue weighted by Gasteiger charge is -2.38. The highest BCUT2D eigenvalue weighted by Crippen LogP contribution is 2.23. The van der Waals surface area contributed by atoms with E-state index in [1.54, 1.807) is 0 Å². The number of hydrogen-bond acceptors (Lipinski definition) is 5. The number of sulfonamides is 1. The minimum absolute atomic E-state index is 0.0795. The standard InChI is InChI=1S/C15H19N3O6S/c1-10(19)16-12-3-5-13(6-4-12)25(23,24)18-8-7-17(11(2)20)9-14(18)15(21)22/h3-6,14H,7-9H2,1-2H3,(H,16,19)(H,21,22). The first-order chi connectivity index (χ1) is 11.6. The van der Waals surface area contributed by atoms with Crippen molar-refractivity contribution in [1.82, 2.24) is 9.21 Å². The number of piperazine rings is 1. The summed E-state index contributed by atoms with van der Waals surface area (Å²) in [5.41, 5.74) is 0.433. The molecule has 0 aromatic heterocycles. The number of nitrogens with one attached hydrogen (secondary N) is 1. The van der Waals surface area contributed by atoms with Crippen molar-refractivity contribution in [1.29, 1.82) is 0 Å². The second kappa shape index (κ2) is 7.19. The van der Waals surface area contributed by atoms with Gasteiger partial charge in [0.15, 0.2) is 0 Å². The molecule has 1 fully saturated rings. The molecule has 1 aromatic carbocycles. The summed E-state index contributed by atoms with van der Waals surface area (Å²) < 4.78 is 26.5. The molecule has 2 amide bonds. The van der Waals surface area contributed by atoms with Crippen LogP contribution in [0.25, 0.3) is 0 Å². The van der Waals surface area contributed by atoms with E-state index in [1.165, 1.54) is 43.0 Å². The van der Waals surface area contributed by atoms with E-state index in [9.17, 15) is 27.9 Å². The van der Waals surface area contributed by atoms with Gasteiger partial charge in [-0.05, 0) is 24.3 Å². The molecule has 0 spiro atoms. The van der Waals surface area contributed by atoms with E-state index >= 15 is 0 Å². The monoisotopic (exact) mass is 369 g/mol. The minimum Gasteiger partial charge on any atom is -0.480 e. The van der Waals surface area contributed by atoms with Gasteiger partial charge in [-0.1, -0.05) is 0 Å². The summed E-state index contributed by atoms with van der Waals surface area (Å²) in [5.74, 6) is -1.91. The Hall–Kier alpha value is -2.46. The molecule has 25 heavy (non-hydrogen) atoms. The molecule has 2 rings (SSSR count). The molecule has 1 aliphatic heterocycles. The number of rotatable bonds is 4. The van der Waals surface area contributed by atoms with Gasteiger partial charge in [0.2, 0.25) is 21.8 Å². The highest BCUT2D eigenvalue weighted by atomic mass is 32.2. The number of benzene rings is 1. The van der Waals surface area contributed by atoms with Crippen molar-refractivity contribution in [3.63, 3.8) is 0 Å². The molecule has 0 bridgehead atoms. The Morgan fingerprint density at radius 3 is 2.20 bits per heavy atom. The van der Waals surface area contributed by atoms with Gasteiger partial charge in [-0.2, -0.15) is 4.31 Å². The van der Waals surface area contributed by atoms with Crippen LogP contribution in [0.4, 0.5) is 5.69 Å². The summed E-state index contributed by atoms with van der Waals surface area (Å²) in [4.78, 5) is 35.2. The molecule has 1 aliphatic rings. The Balaban J connectivity index is 2.29. The summed E-state index contributed by atoms with van der Waals surface area (Å²) in [6.07, 6.45) is 0. The Bertz CT molecular complexity index is 790. The smallest absolute Gasteiger partial charge is 0.323 e. The number of amides is 2. The zero-order valence-corrected chi connectivity index (χ0v) is 14.6. The maximum Gasteiger partial charge on any atom is 0.323 e. The van der Waals surface area contributed by atoms with E-state index in [-0.39, 0.29) is 36.3 Å². The molecule has 1 aromatic rings. The van der Waals surface area contributed by atoms with Gasteiger partial charge in [-0.3, -0.25) is 14.4 Å². The number of anilines is 1. The fraction of sp³-hybridized carbons (Fsp3) is 0.400. The van der Waals surface area contributed by atoms with E-state index in [0.29, 0.717) is 5.69 Å². The normalized spacial score (nSPS) is 18.6. The number of aliphatic carboxylic acids is 1. The summed E-state index contributed by atoms with van der Waals surface area (Å²) in [5, 5.41) is 11.9. The Morgan fingerprint density at radius 1 is 1.12 bits per heavy atom. The van der Waals surface area contributed by atoms with Crippen molar-refractivity contribution in [3.05, 3.63) is 24.3 Å². The number of hydrogen-bond donors (Lipinski definition) is 2. The van der Waals surface area contributed by atoms with Gasteiger partial charge in [0.25, 0.3) is 0 Å². The Kier molecular flexibility index (Phi) is 5.43. The SMILES string of the molecule is CC(=O)Nc1ccc(S(=O)(=O)N2CCN(C(C)=O)CC2C(=O)O)cc1. The van der Waals surface area contributed by atoms with Crippen LogP contribution in [-0.4, -0.2) is 66.2 Å². The van der Waals surface area contributed by atoms with E-state index in [0.717, 1.165) is 4.31 Å². The van der Waals surface area contributed by atoms with Crippen molar-refractivity contribution >= 4 is 33.5 Å². The van der Waals surface area contributed by atoms with Crippen LogP contribution in [0.5, 0.6) is 0 Å². The van der Waals surface area contributed by atoms with Gasteiger partial charge in [0, 0.05) is 39.2 Å². The van der Waals surface area contributed by atoms with Crippen molar-refractivity contribution in [2.75, 3.05) is 25.0 Å². The fourth-order valence-electron chi connectivity index (χ4n) is 2.59. The lowest BCUT2D eigenvalue weighted by Crippen LogP contribution is -2.58. The largest absolute Gasteiger partial charge is 0.480 e. The van der Waals surface area contributed by atoms with Gasteiger partial charge in [0.1, 0.15) is 6.04 Å². The molecular formula is C15H19N3O6S. The molecule has 0 aliphatic carbocycles. The average Bonchev–Trinajstić information content (AvgIpc) is 2.54. The van der Waals surface area contributed by atoms with Crippen LogP contribution in [0.2, 0.25) is 0 Å². The molecule has 1 saturated heterocycles. The third kappa shape index (κ3) is 4.15. The molecular weight excluding hydrogens is 350 g/mol. The number of carbonyl (C=O) groups is 3. The van der Waals surface area contributed by atoms with Crippen LogP contribution in [0.1, 0.15) is 13.8 Å². The number of carbonyl (C=O) groups excluding carboxylic acids is 2. The van der Waals surface area contributed by atoms with Crippen molar-refractivity contribution in [3.8, 4) is 0 Å². The summed E-state index contributed by atoms with van der Waals surface area (Å²) in [7, 11) is -4.05. The molecule has 0 radical (unpaired) electrons. The number of nitrogens with zero attached hydrogens (tertiary/aromatic N) is 2. The highest BCUT2D eigenvalue weighted by molar-refractivity contribution is 7.89. The first kappa shape index (κ1) is 18.9. The van der Waals surface area contributed by atoms with Crippen LogP contribution in [0.15, 0.2) is 29.2 Å². The topological polar surface area (TPSA) is 124 Å². The van der Waals surface area contributed by atoms with Crippen LogP contribution in [-0.2, 0) is 24.4 Å². The summed E-state index contributed by atoms with van der Waals surface area (Å²) in [6.45, 7) is 2.46. The van der Waals surface area contributed by atoms with Gasteiger partial charge < -0.3 is 15.3 Å². The predicted octanol–water partition coefficient (Wildman–Crippen LogP) is -0.0490. The third-order valence-electron chi connectivity index (χ3n) is 3.84. The second-order valence-corrected chi connectivity index (χ2v) is 7.53. The van der Waals surface area contributed by atoms with Crippen LogP contribution in [0, 0.1) is 0 Å². The lowest BCUT2D eigenvalue weighted by molar-refractivity contribution is -0.145. The molecule has 1 unspecified atom stereocenters. The minimum atomic E-state index is -4.05. The van der Waals surface area contributed by atoms with E-state index in [2.05, 4.69) is 5.32 Å². The van der Waals surface area contributed by atoms with Crippen molar-refractivity contribution in [2.45, 2.75) is 24.8 Å². The first-order valence-corrected chi connectivity index (χ1v) is 8.94. The molecule has 9 nitrogen and oxygen atoms in total. The molecule has 1 atom stereocenters. The number of carboxylic acids is 1. The Labute approximate surface area is 145 Å². The second-order valence-electron chi connectivity index (χ2n) is 5.64. The number of carboxylic acid groups (broad SMARTS) is 1. The van der Waals surface area contributed by atoms with Gasteiger partial charge in [0.05, 0.1) is 4.90 Å². The zero-order valence-electron chi connectivity index (χ0n) is 13.8. The maximum atomic E-state index is 12.8. The molecule has 1 heterocycles. The van der Waals surface area contributed by atoms with Crippen LogP contribution >= 0.6 is 0 Å². The van der Waals surface area contributed by atoms with E-state index in [4.69, 9.17) is 0 Å². The van der Waals surface area contributed by atoms with Crippen molar-refractivity contribution < 1.29 is 27.9 Å². The zero-order chi connectivity index (χ0) is 18.8. The van der Waals surface area contributed by atoms with Gasteiger partial charge in [-0.15, -0.1) is 0 Å². The lowest BCUT2D eigenvalue weighted by atomic mass is 10.2. The first-order valence-electron chi connectivity index (χ1n) is 7.50. The van der Waals surface area contributed by atoms with Gasteiger partial charge in [-0.25, -0.2) is 8.42 Å². The van der Waals surface area contributed by atoms with Crippen molar-refractivity contribution in [2.24, 2.45) is 0 Å². The van der Waals surface area contributed by atoms with Crippen LogP contribution < -0.4 is 5.32 Å². The summed E-state index contributed by atoms with van der Waals surface area (Å²) >= 11 is 0. The van der Waals surface area contributed by atoms with E-state index in [1.807, 2.05) is 0 Å². The third-order valence-corrected chi connectivity index (χ3v) is 5.77. The quantitative estimate of drug-likeness (QED) is 0.767. The summed E-state index contributed by atoms with van der Waals surface area (Å²) in [6, 6.07) is 4.11. The van der Waals surface area contributed by atoms with E-state index < -0.39 is 22.0 Å². The Morgan fingerprint density at radius 2 is 1.72 bits per heavy atom. The maximum absolute atomic E-state index is 12.8. The average molecular weight is 369 g/mol. The van der Waals surface area contributed by atoms with Gasteiger partial charge >= 0.3 is 5.97 Å². The predicted molar refractivity (Wildman–Crippen MR) is 88.3 cm³/mol. The fourth-order valence-corrected chi connectivity index (χ4v) is 4.15. The molecule has 10 heteroatoms.